The Morgan fingerprint density at radius 2 is 1.95 bits per heavy atom. The summed E-state index contributed by atoms with van der Waals surface area (Å²) in [6, 6.07) is 7.79. The van der Waals surface area contributed by atoms with Gasteiger partial charge in [-0.25, -0.2) is 9.97 Å². The van der Waals surface area contributed by atoms with Crippen LogP contribution < -0.4 is 5.32 Å². The van der Waals surface area contributed by atoms with Crippen LogP contribution in [-0.2, 0) is 10.1 Å². The minimum atomic E-state index is -4.40. The molecule has 0 amide bonds. The number of halogens is 1. The molecule has 0 bridgehead atoms. The average Bonchev–Trinajstić information content (AvgIpc) is 2.50. The Morgan fingerprint density at radius 3 is 2.59 bits per heavy atom. The van der Waals surface area contributed by atoms with Crippen molar-refractivity contribution in [3.63, 3.8) is 0 Å². The molecule has 9 heteroatoms. The summed E-state index contributed by atoms with van der Waals surface area (Å²) < 4.78 is 32.4. The molecule has 1 radical (unpaired) electrons. The van der Waals surface area contributed by atoms with Crippen molar-refractivity contribution in [1.82, 2.24) is 15.0 Å². The van der Waals surface area contributed by atoms with Crippen molar-refractivity contribution in [3.8, 4) is 0 Å². The van der Waals surface area contributed by atoms with Gasteiger partial charge in [0.1, 0.15) is 11.2 Å². The fraction of sp³-hybridized carbons (Fsp3) is 0. The lowest BCUT2D eigenvalue weighted by molar-refractivity contribution is 0.484. The minimum Gasteiger partial charge on any atom is -0.322 e. The molecule has 1 aromatic heterocycles. The molecule has 0 aliphatic rings. The summed E-state index contributed by atoms with van der Waals surface area (Å²) in [4.78, 5) is 11.0. The van der Waals surface area contributed by atoms with Crippen LogP contribution in [0.25, 0.3) is 10.8 Å². The summed E-state index contributed by atoms with van der Waals surface area (Å²) in [7, 11) is -4.40. The molecule has 2 N–H and O–H groups in total. The zero-order chi connectivity index (χ0) is 15.7. The van der Waals surface area contributed by atoms with Gasteiger partial charge in [0.05, 0.1) is 10.7 Å². The normalized spacial score (nSPS) is 11.5. The predicted octanol–water partition coefficient (Wildman–Crippen LogP) is 2.47. The van der Waals surface area contributed by atoms with Crippen LogP contribution >= 0.6 is 11.6 Å². The maximum absolute atomic E-state index is 11.5. The zero-order valence-electron chi connectivity index (χ0n) is 10.9. The van der Waals surface area contributed by atoms with E-state index in [1.165, 1.54) is 12.4 Å². The van der Waals surface area contributed by atoms with Gasteiger partial charge in [-0.15, -0.1) is 0 Å². The van der Waals surface area contributed by atoms with Gasteiger partial charge in [0.25, 0.3) is 10.1 Å². The SMILES string of the molecule is O=S(=O)(O)c1cc(Cl)c(Nc2n[c]ncn2)c2ccccc12. The van der Waals surface area contributed by atoms with E-state index in [0.29, 0.717) is 16.5 Å². The number of benzene rings is 2. The molecule has 0 spiro atoms. The van der Waals surface area contributed by atoms with E-state index in [2.05, 4.69) is 26.6 Å². The standard InChI is InChI=1S/C13H8ClN4O3S/c14-10-5-11(22(19,20)21)8-3-1-2-4-9(8)12(10)18-13-16-6-15-7-17-13/h1-6H,(H,19,20,21)(H,15,16,17,18). The summed E-state index contributed by atoms with van der Waals surface area (Å²) in [6.45, 7) is 0. The number of rotatable bonds is 3. The fourth-order valence-electron chi connectivity index (χ4n) is 2.04. The van der Waals surface area contributed by atoms with Gasteiger partial charge in [-0.05, 0) is 6.07 Å². The van der Waals surface area contributed by atoms with Crippen molar-refractivity contribution in [1.29, 1.82) is 0 Å². The second-order valence-electron chi connectivity index (χ2n) is 4.29. The van der Waals surface area contributed by atoms with Crippen molar-refractivity contribution >= 4 is 44.1 Å². The van der Waals surface area contributed by atoms with Crippen LogP contribution in [0, 0.1) is 6.33 Å². The molecule has 22 heavy (non-hydrogen) atoms. The third-order valence-corrected chi connectivity index (χ3v) is 4.12. The Hall–Kier alpha value is -2.29. The lowest BCUT2D eigenvalue weighted by atomic mass is 10.1. The van der Waals surface area contributed by atoms with Gasteiger partial charge in [0, 0.05) is 10.8 Å². The minimum absolute atomic E-state index is 0.103. The first kappa shape index (κ1) is 14.6. The van der Waals surface area contributed by atoms with Crippen LogP contribution in [0.4, 0.5) is 11.6 Å². The third kappa shape index (κ3) is 2.71. The molecule has 0 atom stereocenters. The first-order valence-corrected chi connectivity index (χ1v) is 7.79. The predicted molar refractivity (Wildman–Crippen MR) is 80.7 cm³/mol. The van der Waals surface area contributed by atoms with Gasteiger partial charge in [-0.3, -0.25) is 4.55 Å². The maximum Gasteiger partial charge on any atom is 0.295 e. The van der Waals surface area contributed by atoms with Crippen LogP contribution in [0.3, 0.4) is 0 Å². The van der Waals surface area contributed by atoms with E-state index in [4.69, 9.17) is 11.6 Å². The van der Waals surface area contributed by atoms with Crippen molar-refractivity contribution in [2.75, 3.05) is 5.32 Å². The number of nitrogens with one attached hydrogen (secondary N) is 1. The number of anilines is 2. The molecule has 0 saturated heterocycles. The van der Waals surface area contributed by atoms with Crippen LogP contribution in [0.5, 0.6) is 0 Å². The molecular formula is C13H8ClN4O3S. The average molecular weight is 336 g/mol. The van der Waals surface area contributed by atoms with Crippen LogP contribution in [0.1, 0.15) is 0 Å². The number of aromatic nitrogens is 3. The first-order valence-electron chi connectivity index (χ1n) is 5.97. The van der Waals surface area contributed by atoms with E-state index in [1.54, 1.807) is 24.3 Å². The summed E-state index contributed by atoms with van der Waals surface area (Å²) in [5.74, 6) is 0.210. The summed E-state index contributed by atoms with van der Waals surface area (Å²) >= 11 is 6.14. The Labute approximate surface area is 130 Å². The number of hydrogen-bond donors (Lipinski definition) is 2. The smallest absolute Gasteiger partial charge is 0.295 e. The third-order valence-electron chi connectivity index (χ3n) is 2.92. The Bertz CT molecular complexity index is 948. The molecule has 0 fully saturated rings. The highest BCUT2D eigenvalue weighted by atomic mass is 35.5. The van der Waals surface area contributed by atoms with E-state index in [-0.39, 0.29) is 15.9 Å². The van der Waals surface area contributed by atoms with E-state index in [0.717, 1.165) is 0 Å². The van der Waals surface area contributed by atoms with E-state index >= 15 is 0 Å². The zero-order valence-corrected chi connectivity index (χ0v) is 12.4. The number of hydrogen-bond acceptors (Lipinski definition) is 6. The van der Waals surface area contributed by atoms with Gasteiger partial charge < -0.3 is 5.32 Å². The Kier molecular flexibility index (Phi) is 3.65. The highest BCUT2D eigenvalue weighted by Crippen LogP contribution is 2.36. The number of fused-ring (bicyclic) bond motifs is 1. The molecule has 3 rings (SSSR count). The monoisotopic (exact) mass is 335 g/mol. The summed E-state index contributed by atoms with van der Waals surface area (Å²) in [5.41, 5.74) is 0.421. The maximum atomic E-state index is 11.5. The van der Waals surface area contributed by atoms with Crippen molar-refractivity contribution in [2.45, 2.75) is 4.90 Å². The summed E-state index contributed by atoms with van der Waals surface area (Å²) in [6.07, 6.45) is 3.64. The second kappa shape index (κ2) is 5.48. The first-order chi connectivity index (χ1) is 10.5. The van der Waals surface area contributed by atoms with Crippen LogP contribution in [0.2, 0.25) is 5.02 Å². The fourth-order valence-corrected chi connectivity index (χ4v) is 3.08. The molecular weight excluding hydrogens is 328 g/mol. The molecule has 1 heterocycles. The molecule has 7 nitrogen and oxygen atoms in total. The van der Waals surface area contributed by atoms with E-state index in [1.807, 2.05) is 0 Å². The molecule has 0 aliphatic heterocycles. The lowest BCUT2D eigenvalue weighted by Crippen LogP contribution is -2.03. The Balaban J connectivity index is 2.26. The lowest BCUT2D eigenvalue weighted by Gasteiger charge is -2.12. The highest BCUT2D eigenvalue weighted by molar-refractivity contribution is 7.86. The molecule has 3 aromatic rings. The number of nitrogens with zero attached hydrogens (tertiary/aromatic N) is 3. The molecule has 111 valence electrons. The van der Waals surface area contributed by atoms with Gasteiger partial charge in [-0.1, -0.05) is 35.9 Å². The highest BCUT2D eigenvalue weighted by Gasteiger charge is 2.19. The van der Waals surface area contributed by atoms with E-state index in [9.17, 15) is 13.0 Å². The van der Waals surface area contributed by atoms with E-state index < -0.39 is 10.1 Å². The van der Waals surface area contributed by atoms with Crippen molar-refractivity contribution in [2.24, 2.45) is 0 Å². The second-order valence-corrected chi connectivity index (χ2v) is 6.08. The van der Waals surface area contributed by atoms with Crippen molar-refractivity contribution < 1.29 is 13.0 Å². The van der Waals surface area contributed by atoms with Crippen LogP contribution in [0.15, 0.2) is 41.6 Å². The van der Waals surface area contributed by atoms with Gasteiger partial charge in [0.2, 0.25) is 12.3 Å². The quantitative estimate of drug-likeness (QED) is 0.708. The van der Waals surface area contributed by atoms with Gasteiger partial charge in [0.15, 0.2) is 0 Å². The van der Waals surface area contributed by atoms with Crippen LogP contribution in [-0.4, -0.2) is 27.9 Å². The molecule has 2 aromatic carbocycles. The van der Waals surface area contributed by atoms with Crippen molar-refractivity contribution in [3.05, 3.63) is 48.0 Å². The summed E-state index contributed by atoms with van der Waals surface area (Å²) in [5, 5.41) is 3.83. The van der Waals surface area contributed by atoms with Gasteiger partial charge in [-0.2, -0.15) is 13.4 Å². The van der Waals surface area contributed by atoms with Gasteiger partial charge >= 0.3 is 0 Å². The molecule has 0 unspecified atom stereocenters. The topological polar surface area (TPSA) is 105 Å². The largest absolute Gasteiger partial charge is 0.322 e. The molecule has 0 saturated carbocycles. The molecule has 0 aliphatic carbocycles. The Morgan fingerprint density at radius 1 is 1.23 bits per heavy atom.